The number of aryl methyl sites for hydroxylation is 2. The third-order valence-electron chi connectivity index (χ3n) is 2.35. The van der Waals surface area contributed by atoms with Crippen LogP contribution in [0.1, 0.15) is 25.0 Å². The van der Waals surface area contributed by atoms with Gasteiger partial charge in [0.25, 0.3) is 0 Å². The van der Waals surface area contributed by atoms with E-state index in [-0.39, 0.29) is 6.10 Å². The summed E-state index contributed by atoms with van der Waals surface area (Å²) in [6.45, 7) is 10.2. The molecule has 0 saturated carbocycles. The fraction of sp³-hybridized carbons (Fsp3) is 0.538. The Hall–Kier alpha value is -1.02. The van der Waals surface area contributed by atoms with Gasteiger partial charge in [0.15, 0.2) is 0 Å². The highest BCUT2D eigenvalue weighted by molar-refractivity contribution is 5.36. The highest BCUT2D eigenvalue weighted by atomic mass is 16.5. The van der Waals surface area contributed by atoms with E-state index in [0.717, 1.165) is 18.8 Å². The Morgan fingerprint density at radius 1 is 1.33 bits per heavy atom. The molecule has 0 saturated heterocycles. The van der Waals surface area contributed by atoms with Crippen LogP contribution in [0.2, 0.25) is 0 Å². The van der Waals surface area contributed by atoms with Crippen molar-refractivity contribution in [3.8, 4) is 5.75 Å². The van der Waals surface area contributed by atoms with Crippen LogP contribution >= 0.6 is 0 Å². The average molecular weight is 207 g/mol. The molecule has 0 radical (unpaired) electrons. The van der Waals surface area contributed by atoms with E-state index < -0.39 is 0 Å². The quantitative estimate of drug-likeness (QED) is 0.801. The summed E-state index contributed by atoms with van der Waals surface area (Å²) >= 11 is 0. The van der Waals surface area contributed by atoms with Gasteiger partial charge >= 0.3 is 0 Å². The molecule has 1 aromatic rings. The van der Waals surface area contributed by atoms with Gasteiger partial charge in [0, 0.05) is 6.54 Å². The van der Waals surface area contributed by atoms with E-state index in [1.165, 1.54) is 11.1 Å². The Kier molecular flexibility index (Phi) is 4.63. The van der Waals surface area contributed by atoms with Crippen LogP contribution in [0.15, 0.2) is 18.2 Å². The zero-order valence-corrected chi connectivity index (χ0v) is 10.1. The van der Waals surface area contributed by atoms with Crippen molar-refractivity contribution in [1.82, 2.24) is 5.32 Å². The van der Waals surface area contributed by atoms with Crippen molar-refractivity contribution in [3.05, 3.63) is 29.3 Å². The molecule has 0 aliphatic heterocycles. The molecule has 0 aromatic heterocycles. The number of benzene rings is 1. The lowest BCUT2D eigenvalue weighted by Crippen LogP contribution is -2.28. The molecular weight excluding hydrogens is 186 g/mol. The van der Waals surface area contributed by atoms with Gasteiger partial charge in [-0.2, -0.15) is 0 Å². The van der Waals surface area contributed by atoms with Crippen LogP contribution < -0.4 is 10.1 Å². The molecule has 0 aliphatic carbocycles. The van der Waals surface area contributed by atoms with E-state index >= 15 is 0 Å². The van der Waals surface area contributed by atoms with Crippen molar-refractivity contribution in [3.63, 3.8) is 0 Å². The molecule has 0 amide bonds. The minimum Gasteiger partial charge on any atom is -0.489 e. The van der Waals surface area contributed by atoms with Crippen LogP contribution in [0.5, 0.6) is 5.75 Å². The van der Waals surface area contributed by atoms with Gasteiger partial charge in [0.2, 0.25) is 0 Å². The second-order valence-corrected chi connectivity index (χ2v) is 4.01. The minimum atomic E-state index is 0.213. The zero-order valence-electron chi connectivity index (χ0n) is 10.1. The Bertz CT molecular complexity index is 309. The van der Waals surface area contributed by atoms with Crippen LogP contribution in [-0.4, -0.2) is 19.2 Å². The predicted octanol–water partition coefficient (Wildman–Crippen LogP) is 2.68. The van der Waals surface area contributed by atoms with Crippen molar-refractivity contribution in [2.75, 3.05) is 13.1 Å². The molecule has 84 valence electrons. The lowest BCUT2D eigenvalue weighted by Gasteiger charge is -2.17. The molecule has 1 rings (SSSR count). The summed E-state index contributed by atoms with van der Waals surface area (Å²) in [6.07, 6.45) is 0.213. The summed E-state index contributed by atoms with van der Waals surface area (Å²) in [5.41, 5.74) is 2.44. The minimum absolute atomic E-state index is 0.213. The summed E-state index contributed by atoms with van der Waals surface area (Å²) in [5, 5.41) is 3.28. The lowest BCUT2D eigenvalue weighted by molar-refractivity contribution is 0.216. The molecular formula is C13H21NO. The molecule has 2 heteroatoms. The van der Waals surface area contributed by atoms with E-state index in [9.17, 15) is 0 Å². The smallest absolute Gasteiger partial charge is 0.122 e. The summed E-state index contributed by atoms with van der Waals surface area (Å²) in [7, 11) is 0. The molecule has 1 atom stereocenters. The van der Waals surface area contributed by atoms with Gasteiger partial charge in [-0.15, -0.1) is 0 Å². The Morgan fingerprint density at radius 3 is 2.73 bits per heavy atom. The van der Waals surface area contributed by atoms with E-state index in [1.807, 2.05) is 0 Å². The van der Waals surface area contributed by atoms with Gasteiger partial charge in [0.05, 0.1) is 0 Å². The molecule has 0 fully saturated rings. The molecule has 0 unspecified atom stereocenters. The maximum Gasteiger partial charge on any atom is 0.122 e. The SMILES string of the molecule is CCNC[C@H](C)Oc1cc(C)ccc1C. The van der Waals surface area contributed by atoms with Crippen molar-refractivity contribution >= 4 is 0 Å². The number of rotatable bonds is 5. The summed E-state index contributed by atoms with van der Waals surface area (Å²) < 4.78 is 5.87. The van der Waals surface area contributed by atoms with Crippen molar-refractivity contribution in [2.24, 2.45) is 0 Å². The van der Waals surface area contributed by atoms with Gasteiger partial charge in [0.1, 0.15) is 11.9 Å². The zero-order chi connectivity index (χ0) is 11.3. The topological polar surface area (TPSA) is 21.3 Å². The fourth-order valence-electron chi connectivity index (χ4n) is 1.44. The van der Waals surface area contributed by atoms with Crippen molar-refractivity contribution in [2.45, 2.75) is 33.8 Å². The van der Waals surface area contributed by atoms with Crippen LogP contribution in [-0.2, 0) is 0 Å². The highest BCUT2D eigenvalue weighted by Gasteiger charge is 2.05. The largest absolute Gasteiger partial charge is 0.489 e. The first-order valence-corrected chi connectivity index (χ1v) is 5.58. The fourth-order valence-corrected chi connectivity index (χ4v) is 1.44. The van der Waals surface area contributed by atoms with Gasteiger partial charge in [-0.3, -0.25) is 0 Å². The van der Waals surface area contributed by atoms with Gasteiger partial charge in [-0.1, -0.05) is 19.1 Å². The molecule has 0 aliphatic rings. The predicted molar refractivity (Wildman–Crippen MR) is 64.5 cm³/mol. The number of nitrogens with one attached hydrogen (secondary N) is 1. The first-order valence-electron chi connectivity index (χ1n) is 5.58. The first-order chi connectivity index (χ1) is 7.13. The first kappa shape index (κ1) is 12.1. The van der Waals surface area contributed by atoms with Crippen LogP contribution in [0.4, 0.5) is 0 Å². The number of likely N-dealkylation sites (N-methyl/N-ethyl adjacent to an activating group) is 1. The van der Waals surface area contributed by atoms with E-state index in [1.54, 1.807) is 0 Å². The van der Waals surface area contributed by atoms with Crippen LogP contribution in [0.3, 0.4) is 0 Å². The maximum atomic E-state index is 5.87. The van der Waals surface area contributed by atoms with E-state index in [4.69, 9.17) is 4.74 Å². The summed E-state index contributed by atoms with van der Waals surface area (Å²) in [4.78, 5) is 0. The molecule has 0 spiro atoms. The Labute approximate surface area is 92.6 Å². The van der Waals surface area contributed by atoms with E-state index in [0.29, 0.717) is 0 Å². The Morgan fingerprint density at radius 2 is 2.07 bits per heavy atom. The standard InChI is InChI=1S/C13H21NO/c1-5-14-9-12(4)15-13-8-10(2)6-7-11(13)3/h6-8,12,14H,5,9H2,1-4H3/t12-/m0/s1. The molecule has 0 heterocycles. The van der Waals surface area contributed by atoms with Crippen molar-refractivity contribution in [1.29, 1.82) is 0 Å². The molecule has 2 nitrogen and oxygen atoms in total. The van der Waals surface area contributed by atoms with Gasteiger partial charge in [-0.25, -0.2) is 0 Å². The van der Waals surface area contributed by atoms with Gasteiger partial charge < -0.3 is 10.1 Å². The second-order valence-electron chi connectivity index (χ2n) is 4.01. The van der Waals surface area contributed by atoms with Crippen LogP contribution in [0.25, 0.3) is 0 Å². The molecule has 1 aromatic carbocycles. The summed E-state index contributed by atoms with van der Waals surface area (Å²) in [6, 6.07) is 6.31. The van der Waals surface area contributed by atoms with E-state index in [2.05, 4.69) is 51.2 Å². The Balaban J connectivity index is 2.59. The molecule has 15 heavy (non-hydrogen) atoms. The molecule has 0 bridgehead atoms. The monoisotopic (exact) mass is 207 g/mol. The number of hydrogen-bond donors (Lipinski definition) is 1. The normalized spacial score (nSPS) is 12.5. The maximum absolute atomic E-state index is 5.87. The van der Waals surface area contributed by atoms with Crippen LogP contribution in [0, 0.1) is 13.8 Å². The van der Waals surface area contributed by atoms with Gasteiger partial charge in [-0.05, 0) is 44.5 Å². The average Bonchev–Trinajstić information content (AvgIpc) is 2.20. The summed E-state index contributed by atoms with van der Waals surface area (Å²) in [5.74, 6) is 1.00. The highest BCUT2D eigenvalue weighted by Crippen LogP contribution is 2.20. The second kappa shape index (κ2) is 5.76. The molecule has 1 N–H and O–H groups in total. The lowest BCUT2D eigenvalue weighted by atomic mass is 10.1. The third kappa shape index (κ3) is 3.92. The number of ether oxygens (including phenoxy) is 1. The number of hydrogen-bond acceptors (Lipinski definition) is 2. The van der Waals surface area contributed by atoms with Crippen molar-refractivity contribution < 1.29 is 4.74 Å². The third-order valence-corrected chi connectivity index (χ3v) is 2.35.